The minimum absolute atomic E-state index is 0.0341. The van der Waals surface area contributed by atoms with E-state index >= 15 is 0 Å². The second-order valence-corrected chi connectivity index (χ2v) is 7.31. The van der Waals surface area contributed by atoms with Crippen molar-refractivity contribution in [2.45, 2.75) is 33.7 Å². The average molecular weight is 367 g/mol. The Bertz CT molecular complexity index is 820. The molecule has 27 heavy (non-hydrogen) atoms. The predicted octanol–water partition coefficient (Wildman–Crippen LogP) is 3.24. The fraction of sp³-hybridized carbons (Fsp3) is 0.409. The fourth-order valence-corrected chi connectivity index (χ4v) is 3.63. The van der Waals surface area contributed by atoms with Gasteiger partial charge >= 0.3 is 0 Å². The van der Waals surface area contributed by atoms with Crippen LogP contribution in [0.4, 0.5) is 0 Å². The van der Waals surface area contributed by atoms with Crippen LogP contribution in [0.15, 0.2) is 59.0 Å². The lowest BCUT2D eigenvalue weighted by Crippen LogP contribution is -2.35. The van der Waals surface area contributed by atoms with Crippen molar-refractivity contribution in [2.24, 2.45) is 0 Å². The zero-order chi connectivity index (χ0) is 19.4. The molecule has 2 saturated heterocycles. The summed E-state index contributed by atoms with van der Waals surface area (Å²) < 4.78 is 5.41. The summed E-state index contributed by atoms with van der Waals surface area (Å²) in [6.07, 6.45) is 6.70. The Hall–Kier alpha value is -2.37. The molecule has 0 saturated carbocycles. The monoisotopic (exact) mass is 367 g/mol. The number of aromatic nitrogens is 1. The van der Waals surface area contributed by atoms with E-state index in [0.29, 0.717) is 0 Å². The van der Waals surface area contributed by atoms with Crippen LogP contribution in [0.25, 0.3) is 0 Å². The molecule has 0 aliphatic carbocycles. The van der Waals surface area contributed by atoms with Gasteiger partial charge in [-0.2, -0.15) is 0 Å². The van der Waals surface area contributed by atoms with Gasteiger partial charge in [0.15, 0.2) is 0 Å². The van der Waals surface area contributed by atoms with Crippen LogP contribution < -0.4 is 5.32 Å². The molecule has 2 aliphatic rings. The fourth-order valence-electron chi connectivity index (χ4n) is 3.63. The first kappa shape index (κ1) is 19.4. The van der Waals surface area contributed by atoms with Gasteiger partial charge in [-0.3, -0.25) is 9.69 Å². The van der Waals surface area contributed by atoms with Crippen molar-refractivity contribution in [1.29, 1.82) is 0 Å². The number of carbonyl (C=O) groups is 1. The summed E-state index contributed by atoms with van der Waals surface area (Å²) >= 11 is 0. The number of H-pyrrole nitrogens is 1. The summed E-state index contributed by atoms with van der Waals surface area (Å²) in [7, 11) is 0. The molecule has 2 N–H and O–H groups in total. The quantitative estimate of drug-likeness (QED) is 0.786. The van der Waals surface area contributed by atoms with E-state index in [1.165, 1.54) is 5.56 Å². The first-order valence-electron chi connectivity index (χ1n) is 9.49. The lowest BCUT2D eigenvalue weighted by atomic mass is 9.97. The molecule has 0 aromatic carbocycles. The van der Waals surface area contributed by atoms with Gasteiger partial charge in [0.05, 0.1) is 13.2 Å². The van der Waals surface area contributed by atoms with Crippen LogP contribution in [0.5, 0.6) is 0 Å². The summed E-state index contributed by atoms with van der Waals surface area (Å²) in [5, 5.41) is 2.96. The van der Waals surface area contributed by atoms with Crippen molar-refractivity contribution in [3.8, 4) is 0 Å². The van der Waals surface area contributed by atoms with Gasteiger partial charge in [0, 0.05) is 54.8 Å². The van der Waals surface area contributed by atoms with Gasteiger partial charge in [-0.1, -0.05) is 23.8 Å². The molecule has 2 aliphatic heterocycles. The Labute approximate surface area is 161 Å². The maximum atomic E-state index is 12.5. The highest BCUT2D eigenvalue weighted by Crippen LogP contribution is 2.30. The number of nitrogens with one attached hydrogen (secondary N) is 2. The van der Waals surface area contributed by atoms with Crippen LogP contribution in [0, 0.1) is 0 Å². The Kier molecular flexibility index (Phi) is 6.14. The maximum Gasteiger partial charge on any atom is 0.256 e. The van der Waals surface area contributed by atoms with Crippen molar-refractivity contribution in [2.75, 3.05) is 26.3 Å². The largest absolute Gasteiger partial charge is 0.379 e. The minimum atomic E-state index is -0.0341. The van der Waals surface area contributed by atoms with E-state index in [9.17, 15) is 4.79 Å². The van der Waals surface area contributed by atoms with Crippen LogP contribution in [-0.4, -0.2) is 42.1 Å². The first-order chi connectivity index (χ1) is 13.0. The van der Waals surface area contributed by atoms with E-state index < -0.39 is 0 Å². The molecular formula is C22H29N3O2. The molecule has 144 valence electrons. The standard InChI is InChI=1S/C22H29N3O2/c1-5-20-19(10-15(2)3)21(22(26)24-20)16(4)11-18-12-17(13-23-18)14-25-6-8-27-9-7-25/h5,10,12-13,23H,2,6-9,11,14H2,1,3-4H3,(H,24,26)/b19-10+,20-5+,21-16+. The predicted molar refractivity (Wildman–Crippen MR) is 108 cm³/mol. The van der Waals surface area contributed by atoms with Gasteiger partial charge in [-0.15, -0.1) is 0 Å². The SMILES string of the molecule is C=C(C)/C=C1C(=C/C)\NC(=O)C\1=C(/C)Cc1cc(CN2CCOCC2)c[nH]1. The van der Waals surface area contributed by atoms with Gasteiger partial charge in [-0.05, 0) is 38.5 Å². The molecule has 1 aromatic rings. The average Bonchev–Trinajstić information content (AvgIpc) is 3.19. The van der Waals surface area contributed by atoms with Crippen molar-refractivity contribution >= 4 is 5.91 Å². The van der Waals surface area contributed by atoms with Crippen molar-refractivity contribution in [1.82, 2.24) is 15.2 Å². The van der Waals surface area contributed by atoms with Crippen LogP contribution in [0.3, 0.4) is 0 Å². The van der Waals surface area contributed by atoms with E-state index in [-0.39, 0.29) is 5.91 Å². The van der Waals surface area contributed by atoms with E-state index in [0.717, 1.165) is 73.0 Å². The highest BCUT2D eigenvalue weighted by Gasteiger charge is 2.28. The van der Waals surface area contributed by atoms with Crippen molar-refractivity contribution < 1.29 is 9.53 Å². The zero-order valence-corrected chi connectivity index (χ0v) is 16.5. The van der Waals surface area contributed by atoms with Crippen LogP contribution in [0.1, 0.15) is 32.0 Å². The van der Waals surface area contributed by atoms with Gasteiger partial charge in [-0.25, -0.2) is 0 Å². The third-order valence-corrected chi connectivity index (χ3v) is 4.91. The van der Waals surface area contributed by atoms with E-state index in [1.54, 1.807) is 0 Å². The molecule has 1 aromatic heterocycles. The molecule has 0 radical (unpaired) electrons. The molecule has 0 unspecified atom stereocenters. The normalized spacial score (nSPS) is 23.1. The minimum Gasteiger partial charge on any atom is -0.379 e. The maximum absolute atomic E-state index is 12.5. The highest BCUT2D eigenvalue weighted by molar-refractivity contribution is 6.06. The second kappa shape index (κ2) is 8.55. The van der Waals surface area contributed by atoms with Crippen molar-refractivity contribution in [3.05, 3.63) is 70.2 Å². The molecule has 3 rings (SSSR count). The number of amides is 1. The Morgan fingerprint density at radius 1 is 1.33 bits per heavy atom. The lowest BCUT2D eigenvalue weighted by molar-refractivity contribution is -0.115. The summed E-state index contributed by atoms with van der Waals surface area (Å²) in [6, 6.07) is 2.20. The third-order valence-electron chi connectivity index (χ3n) is 4.91. The van der Waals surface area contributed by atoms with Gasteiger partial charge < -0.3 is 15.0 Å². The van der Waals surface area contributed by atoms with E-state index in [2.05, 4.69) is 34.0 Å². The number of allylic oxidation sites excluding steroid dienone is 5. The smallest absolute Gasteiger partial charge is 0.256 e. The topological polar surface area (TPSA) is 57.4 Å². The van der Waals surface area contributed by atoms with Crippen molar-refractivity contribution in [3.63, 3.8) is 0 Å². The zero-order valence-electron chi connectivity index (χ0n) is 16.5. The Balaban J connectivity index is 1.78. The summed E-state index contributed by atoms with van der Waals surface area (Å²) in [4.78, 5) is 18.3. The number of rotatable bonds is 5. The molecule has 1 amide bonds. The summed E-state index contributed by atoms with van der Waals surface area (Å²) in [5.41, 5.74) is 6.93. The molecule has 0 atom stereocenters. The Morgan fingerprint density at radius 3 is 2.74 bits per heavy atom. The molecule has 5 heteroatoms. The number of hydrogen-bond acceptors (Lipinski definition) is 3. The van der Waals surface area contributed by atoms with E-state index in [1.807, 2.05) is 32.9 Å². The van der Waals surface area contributed by atoms with Gasteiger partial charge in [0.1, 0.15) is 0 Å². The third kappa shape index (κ3) is 4.67. The number of nitrogens with zero attached hydrogens (tertiary/aromatic N) is 1. The number of morpholine rings is 1. The van der Waals surface area contributed by atoms with Crippen LogP contribution in [-0.2, 0) is 22.5 Å². The molecule has 3 heterocycles. The first-order valence-corrected chi connectivity index (χ1v) is 9.49. The lowest BCUT2D eigenvalue weighted by Gasteiger charge is -2.25. The molecular weight excluding hydrogens is 338 g/mol. The number of hydrogen-bond donors (Lipinski definition) is 2. The second-order valence-electron chi connectivity index (χ2n) is 7.31. The van der Waals surface area contributed by atoms with Gasteiger partial charge in [0.25, 0.3) is 5.91 Å². The summed E-state index contributed by atoms with van der Waals surface area (Å²) in [5.74, 6) is -0.0341. The molecule has 2 fully saturated rings. The van der Waals surface area contributed by atoms with Crippen LogP contribution >= 0.6 is 0 Å². The highest BCUT2D eigenvalue weighted by atomic mass is 16.5. The van der Waals surface area contributed by atoms with Crippen LogP contribution in [0.2, 0.25) is 0 Å². The number of carbonyl (C=O) groups excluding carboxylic acids is 1. The summed E-state index contributed by atoms with van der Waals surface area (Å²) in [6.45, 7) is 14.4. The molecule has 0 spiro atoms. The molecule has 0 bridgehead atoms. The molecule has 5 nitrogen and oxygen atoms in total. The Morgan fingerprint density at radius 2 is 2.07 bits per heavy atom. The van der Waals surface area contributed by atoms with E-state index in [4.69, 9.17) is 4.74 Å². The van der Waals surface area contributed by atoms with Gasteiger partial charge in [0.2, 0.25) is 0 Å². The number of aromatic amines is 1. The number of ether oxygens (including phenoxy) is 1.